The molecule has 0 atom stereocenters. The van der Waals surface area contributed by atoms with Gasteiger partial charge in [-0.25, -0.2) is 4.98 Å². The number of aromatic nitrogens is 3. The first-order chi connectivity index (χ1) is 30.1. The molecule has 63 heavy (non-hydrogen) atoms. The second-order valence-corrected chi connectivity index (χ2v) is 20.6. The van der Waals surface area contributed by atoms with E-state index < -0.39 is 0 Å². The van der Waals surface area contributed by atoms with Crippen LogP contribution in [-0.4, -0.2) is 14.1 Å². The third-order valence-corrected chi connectivity index (χ3v) is 13.7. The molecule has 0 unspecified atom stereocenters. The quantitative estimate of drug-likeness (QED) is 0.152. The molecule has 7 aromatic carbocycles. The normalized spacial score (nSPS) is 12.4. The largest absolute Gasteiger partial charge is 0.309 e. The van der Waals surface area contributed by atoms with Crippen molar-refractivity contribution < 1.29 is 0 Å². The van der Waals surface area contributed by atoms with Crippen molar-refractivity contribution >= 4 is 65.8 Å². The molecule has 4 nitrogen and oxygen atoms in total. The Balaban J connectivity index is 1.34. The van der Waals surface area contributed by atoms with Crippen LogP contribution in [0.5, 0.6) is 0 Å². The van der Waals surface area contributed by atoms with Crippen LogP contribution in [0.25, 0.3) is 55.6 Å². The second-order valence-electron chi connectivity index (χ2n) is 19.8. The zero-order valence-electron chi connectivity index (χ0n) is 38.7. The number of para-hydroxylation sites is 3. The Morgan fingerprint density at radius 1 is 0.524 bits per heavy atom. The number of nitrogens with zero attached hydrogens (tertiary/aromatic N) is 4. The number of hydrogen-bond donors (Lipinski definition) is 0. The van der Waals surface area contributed by atoms with E-state index in [1.807, 2.05) is 0 Å². The zero-order chi connectivity index (χ0) is 44.5. The smallest absolute Gasteiger partial charge is 0.146 e. The van der Waals surface area contributed by atoms with Gasteiger partial charge in [-0.1, -0.05) is 160 Å². The van der Waals surface area contributed by atoms with E-state index in [0.29, 0.717) is 11.8 Å². The van der Waals surface area contributed by atoms with Gasteiger partial charge < -0.3 is 9.47 Å². The first kappa shape index (κ1) is 42.4. The van der Waals surface area contributed by atoms with Crippen molar-refractivity contribution in [3.8, 4) is 22.8 Å². The van der Waals surface area contributed by atoms with Crippen LogP contribution in [0.3, 0.4) is 0 Å². The summed E-state index contributed by atoms with van der Waals surface area (Å²) >= 11 is 4.34. The Hall–Kier alpha value is -5.91. The Morgan fingerprint density at radius 2 is 1.05 bits per heavy atom. The number of rotatable bonds is 8. The van der Waals surface area contributed by atoms with E-state index in [2.05, 4.69) is 252 Å². The molecule has 9 aromatic rings. The highest BCUT2D eigenvalue weighted by molar-refractivity contribution is 9.10. The number of anilines is 3. The number of fused-ring (bicyclic) bond motifs is 4. The van der Waals surface area contributed by atoms with Gasteiger partial charge in [-0.3, -0.25) is 4.57 Å². The fourth-order valence-corrected chi connectivity index (χ4v) is 10.2. The molecule has 0 amide bonds. The predicted octanol–water partition coefficient (Wildman–Crippen LogP) is 17.2. The Kier molecular flexibility index (Phi) is 10.8. The van der Waals surface area contributed by atoms with Crippen LogP contribution in [-0.2, 0) is 10.8 Å². The van der Waals surface area contributed by atoms with Gasteiger partial charge in [-0.05, 0) is 128 Å². The minimum Gasteiger partial charge on any atom is -0.309 e. The standard InChI is InChI=1S/C58H59BrN4/c1-36(2)41-22-16-23-42(37(3)4)53(41)56-60-55-45(58(9,10)11)24-17-31-52(55)63(56)51-30-19-29-50(54(51)59)61(40-34-32-39(33-35-40)57(6,7)8)46-27-18-28-47(38(46)5)62-48-25-14-12-20-43(48)44-21-13-15-26-49(44)62/h12-37H,1-11H3. The lowest BCUT2D eigenvalue weighted by Gasteiger charge is -2.31. The number of hydrogen-bond acceptors (Lipinski definition) is 2. The molecule has 0 aliphatic heterocycles. The van der Waals surface area contributed by atoms with Crippen molar-refractivity contribution in [3.63, 3.8) is 0 Å². The topological polar surface area (TPSA) is 26.0 Å². The van der Waals surface area contributed by atoms with Gasteiger partial charge in [0.15, 0.2) is 0 Å². The van der Waals surface area contributed by atoms with Crippen molar-refractivity contribution in [2.75, 3.05) is 4.90 Å². The summed E-state index contributed by atoms with van der Waals surface area (Å²) in [4.78, 5) is 8.14. The fraction of sp³-hybridized carbons (Fsp3) is 0.259. The summed E-state index contributed by atoms with van der Waals surface area (Å²) in [5, 5.41) is 2.50. The lowest BCUT2D eigenvalue weighted by molar-refractivity contribution is 0.590. The monoisotopic (exact) mass is 890 g/mol. The third kappa shape index (κ3) is 7.28. The highest BCUT2D eigenvalue weighted by atomic mass is 79.9. The first-order valence-corrected chi connectivity index (χ1v) is 23.3. The summed E-state index contributed by atoms with van der Waals surface area (Å²) in [5.74, 6) is 1.58. The maximum absolute atomic E-state index is 5.71. The van der Waals surface area contributed by atoms with Crippen LogP contribution in [0, 0.1) is 6.92 Å². The van der Waals surface area contributed by atoms with E-state index in [1.165, 1.54) is 55.2 Å². The van der Waals surface area contributed by atoms with Gasteiger partial charge in [0.05, 0.1) is 49.3 Å². The Morgan fingerprint density at radius 3 is 1.62 bits per heavy atom. The van der Waals surface area contributed by atoms with E-state index in [9.17, 15) is 0 Å². The van der Waals surface area contributed by atoms with Crippen molar-refractivity contribution in [2.24, 2.45) is 0 Å². The van der Waals surface area contributed by atoms with Crippen LogP contribution < -0.4 is 4.90 Å². The summed E-state index contributed by atoms with van der Waals surface area (Å²) in [6, 6.07) is 53.6. The minimum absolute atomic E-state index is 0.0160. The molecule has 0 N–H and O–H groups in total. The molecular formula is C58H59BrN4. The van der Waals surface area contributed by atoms with Crippen molar-refractivity contribution in [3.05, 3.63) is 178 Å². The highest BCUT2D eigenvalue weighted by Crippen LogP contribution is 2.47. The highest BCUT2D eigenvalue weighted by Gasteiger charge is 2.29. The molecule has 2 aromatic heterocycles. The molecule has 318 valence electrons. The van der Waals surface area contributed by atoms with Gasteiger partial charge in [0, 0.05) is 22.0 Å². The number of halogens is 1. The van der Waals surface area contributed by atoms with Crippen LogP contribution >= 0.6 is 15.9 Å². The third-order valence-electron chi connectivity index (χ3n) is 12.9. The van der Waals surface area contributed by atoms with Crippen molar-refractivity contribution in [1.82, 2.24) is 14.1 Å². The summed E-state index contributed by atoms with van der Waals surface area (Å²) in [5.41, 5.74) is 17.4. The Labute approximate surface area is 382 Å². The van der Waals surface area contributed by atoms with E-state index in [4.69, 9.17) is 4.98 Å². The lowest BCUT2D eigenvalue weighted by Crippen LogP contribution is -2.15. The number of imidazole rings is 1. The molecule has 9 rings (SSSR count). The maximum atomic E-state index is 5.71. The molecule has 0 saturated heterocycles. The molecule has 2 heterocycles. The number of benzene rings is 7. The van der Waals surface area contributed by atoms with Crippen LogP contribution in [0.1, 0.15) is 109 Å². The van der Waals surface area contributed by atoms with Gasteiger partial charge in [-0.2, -0.15) is 0 Å². The molecule has 0 aliphatic rings. The minimum atomic E-state index is -0.109. The average molecular weight is 892 g/mol. The molecule has 0 spiro atoms. The molecule has 0 fully saturated rings. The van der Waals surface area contributed by atoms with E-state index in [0.717, 1.165) is 49.8 Å². The van der Waals surface area contributed by atoms with Crippen molar-refractivity contribution in [2.45, 2.75) is 98.8 Å². The van der Waals surface area contributed by atoms with Gasteiger partial charge in [0.1, 0.15) is 5.82 Å². The van der Waals surface area contributed by atoms with E-state index >= 15 is 0 Å². The molecular weight excluding hydrogens is 833 g/mol. The zero-order valence-corrected chi connectivity index (χ0v) is 40.3. The molecule has 5 heteroatoms. The van der Waals surface area contributed by atoms with E-state index in [1.54, 1.807) is 0 Å². The van der Waals surface area contributed by atoms with Crippen LogP contribution in [0.2, 0.25) is 0 Å². The van der Waals surface area contributed by atoms with Gasteiger partial charge in [-0.15, -0.1) is 0 Å². The van der Waals surface area contributed by atoms with Gasteiger partial charge in [0.25, 0.3) is 0 Å². The van der Waals surface area contributed by atoms with Gasteiger partial charge >= 0.3 is 0 Å². The maximum Gasteiger partial charge on any atom is 0.146 e. The summed E-state index contributed by atoms with van der Waals surface area (Å²) < 4.78 is 5.85. The average Bonchev–Trinajstić information content (AvgIpc) is 3.80. The SMILES string of the molecule is Cc1c(N(c2ccc(C(C)(C)C)cc2)c2cccc(-n3c(-c4c(C(C)C)cccc4C(C)C)nc4c(C(C)(C)C)cccc43)c2Br)cccc1-n1c2ccccc2c2ccccc21. The van der Waals surface area contributed by atoms with Gasteiger partial charge in [0.2, 0.25) is 0 Å². The Bertz CT molecular complexity index is 3090. The lowest BCUT2D eigenvalue weighted by atomic mass is 9.86. The molecule has 0 saturated carbocycles. The van der Waals surface area contributed by atoms with Crippen LogP contribution in [0.15, 0.2) is 150 Å². The summed E-state index contributed by atoms with van der Waals surface area (Å²) in [7, 11) is 0. The first-order valence-electron chi connectivity index (χ1n) is 22.5. The molecule has 0 radical (unpaired) electrons. The summed E-state index contributed by atoms with van der Waals surface area (Å²) in [6.07, 6.45) is 0. The van der Waals surface area contributed by atoms with Crippen LogP contribution in [0.4, 0.5) is 17.1 Å². The second kappa shape index (κ2) is 16.0. The predicted molar refractivity (Wildman–Crippen MR) is 274 cm³/mol. The molecule has 0 bridgehead atoms. The summed E-state index contributed by atoms with van der Waals surface area (Å²) in [6.45, 7) is 25.2. The fourth-order valence-electron chi connectivity index (χ4n) is 9.58. The molecule has 0 aliphatic carbocycles. The van der Waals surface area contributed by atoms with Crippen molar-refractivity contribution in [1.29, 1.82) is 0 Å². The van der Waals surface area contributed by atoms with E-state index in [-0.39, 0.29) is 10.8 Å².